The maximum absolute atomic E-state index is 5.50. The van der Waals surface area contributed by atoms with E-state index in [2.05, 4.69) is 42.9 Å². The molecule has 0 saturated heterocycles. The zero-order valence-electron chi connectivity index (χ0n) is 12.6. The van der Waals surface area contributed by atoms with Crippen molar-refractivity contribution in [2.75, 3.05) is 32.8 Å². The van der Waals surface area contributed by atoms with Crippen molar-refractivity contribution in [3.05, 3.63) is 12.0 Å². The minimum Gasteiger partial charge on any atom is -0.449 e. The molecule has 0 aliphatic heterocycles. The molecule has 0 aliphatic carbocycles. The number of nitrogens with zero attached hydrogens (tertiary/aromatic N) is 2. The summed E-state index contributed by atoms with van der Waals surface area (Å²) in [5.74, 6) is 0.636. The van der Waals surface area contributed by atoms with Crippen LogP contribution in [0.2, 0.25) is 0 Å². The molecule has 1 aromatic heterocycles. The second-order valence-corrected chi connectivity index (χ2v) is 5.00. The molecule has 1 aromatic rings. The second-order valence-electron chi connectivity index (χ2n) is 5.00. The molecular weight excluding hydrogens is 242 g/mol. The van der Waals surface area contributed by atoms with E-state index >= 15 is 0 Å². The normalized spacial score (nSPS) is 11.5. The summed E-state index contributed by atoms with van der Waals surface area (Å²) < 4.78 is 10.8. The number of likely N-dealkylation sites (N-methyl/N-ethyl adjacent to an activating group) is 1. The van der Waals surface area contributed by atoms with E-state index in [1.807, 2.05) is 0 Å². The number of nitrogens with one attached hydrogen (secondary N) is 1. The lowest BCUT2D eigenvalue weighted by atomic mass is 10.2. The van der Waals surface area contributed by atoms with E-state index in [9.17, 15) is 0 Å². The third kappa shape index (κ3) is 6.59. The van der Waals surface area contributed by atoms with Crippen molar-refractivity contribution >= 4 is 0 Å². The predicted molar refractivity (Wildman–Crippen MR) is 76.3 cm³/mol. The molecule has 0 aliphatic rings. The van der Waals surface area contributed by atoms with Gasteiger partial charge in [0.15, 0.2) is 0 Å². The lowest BCUT2D eigenvalue weighted by Gasteiger charge is -2.16. The maximum Gasteiger partial charge on any atom is 0.393 e. The third-order valence-corrected chi connectivity index (χ3v) is 2.92. The van der Waals surface area contributed by atoms with E-state index in [1.54, 1.807) is 6.26 Å². The third-order valence-electron chi connectivity index (χ3n) is 2.92. The number of oxazole rings is 1. The Morgan fingerprint density at radius 2 is 2.11 bits per heavy atom. The molecular formula is C14H27N3O2. The highest BCUT2D eigenvalue weighted by Crippen LogP contribution is 2.10. The predicted octanol–water partition coefficient (Wildman–Crippen LogP) is 2.14. The molecule has 0 fully saturated rings. The van der Waals surface area contributed by atoms with Crippen molar-refractivity contribution in [3.8, 4) is 6.08 Å². The summed E-state index contributed by atoms with van der Waals surface area (Å²) >= 11 is 0. The fraction of sp³-hybridized carbons (Fsp3) is 0.786. The minimum atomic E-state index is 0.369. The SMILES string of the molecule is CCN(CC)CCOc1nc(CNCC(C)C)co1. The average Bonchev–Trinajstić information content (AvgIpc) is 2.82. The van der Waals surface area contributed by atoms with Gasteiger partial charge in [0.1, 0.15) is 12.9 Å². The van der Waals surface area contributed by atoms with Crippen LogP contribution in [-0.2, 0) is 6.54 Å². The zero-order chi connectivity index (χ0) is 14.1. The van der Waals surface area contributed by atoms with Gasteiger partial charge >= 0.3 is 6.08 Å². The highest BCUT2D eigenvalue weighted by molar-refractivity contribution is 4.99. The summed E-state index contributed by atoms with van der Waals surface area (Å²) in [4.78, 5) is 6.59. The number of aromatic nitrogens is 1. The van der Waals surface area contributed by atoms with Gasteiger partial charge in [-0.2, -0.15) is 4.98 Å². The molecule has 0 bridgehead atoms. The quantitative estimate of drug-likeness (QED) is 0.705. The smallest absolute Gasteiger partial charge is 0.393 e. The van der Waals surface area contributed by atoms with Crippen LogP contribution in [0.1, 0.15) is 33.4 Å². The monoisotopic (exact) mass is 269 g/mol. The number of rotatable bonds is 10. The van der Waals surface area contributed by atoms with E-state index in [0.29, 0.717) is 18.6 Å². The Labute approximate surface area is 116 Å². The standard InChI is InChI=1S/C14H27N3O2/c1-5-17(6-2)7-8-18-14-16-13(11-19-14)10-15-9-12(3)4/h11-12,15H,5-10H2,1-4H3. The van der Waals surface area contributed by atoms with Gasteiger partial charge in [-0.3, -0.25) is 0 Å². The van der Waals surface area contributed by atoms with Crippen molar-refractivity contribution in [2.24, 2.45) is 5.92 Å². The molecule has 0 amide bonds. The van der Waals surface area contributed by atoms with Crippen molar-refractivity contribution in [3.63, 3.8) is 0 Å². The Balaban J connectivity index is 2.23. The van der Waals surface area contributed by atoms with Crippen LogP contribution in [0.3, 0.4) is 0 Å². The summed E-state index contributed by atoms with van der Waals surface area (Å²) in [7, 11) is 0. The Hall–Kier alpha value is -1.07. The first-order valence-electron chi connectivity index (χ1n) is 7.16. The minimum absolute atomic E-state index is 0.369. The number of hydrogen-bond donors (Lipinski definition) is 1. The van der Waals surface area contributed by atoms with Gasteiger partial charge in [-0.25, -0.2) is 0 Å². The molecule has 110 valence electrons. The second kappa shape index (κ2) is 8.93. The van der Waals surface area contributed by atoms with Crippen molar-refractivity contribution in [1.82, 2.24) is 15.2 Å². The molecule has 0 spiro atoms. The van der Waals surface area contributed by atoms with E-state index in [4.69, 9.17) is 9.15 Å². The van der Waals surface area contributed by atoms with E-state index in [0.717, 1.165) is 38.4 Å². The van der Waals surface area contributed by atoms with E-state index in [-0.39, 0.29) is 0 Å². The molecule has 0 aromatic carbocycles. The largest absolute Gasteiger partial charge is 0.449 e. The summed E-state index contributed by atoms with van der Waals surface area (Å²) in [5.41, 5.74) is 0.887. The lowest BCUT2D eigenvalue weighted by Crippen LogP contribution is -2.27. The van der Waals surface area contributed by atoms with Crippen molar-refractivity contribution in [1.29, 1.82) is 0 Å². The van der Waals surface area contributed by atoms with Crippen LogP contribution in [0.4, 0.5) is 0 Å². The highest BCUT2D eigenvalue weighted by Gasteiger charge is 2.06. The fourth-order valence-electron chi connectivity index (χ4n) is 1.73. The van der Waals surface area contributed by atoms with Crippen molar-refractivity contribution in [2.45, 2.75) is 34.2 Å². The molecule has 0 radical (unpaired) electrons. The lowest BCUT2D eigenvalue weighted by molar-refractivity contribution is 0.183. The number of hydrogen-bond acceptors (Lipinski definition) is 5. The van der Waals surface area contributed by atoms with Gasteiger partial charge in [-0.05, 0) is 25.6 Å². The molecule has 0 saturated carbocycles. The van der Waals surface area contributed by atoms with Crippen LogP contribution in [0.5, 0.6) is 6.08 Å². The van der Waals surface area contributed by atoms with Gasteiger partial charge < -0.3 is 19.4 Å². The fourth-order valence-corrected chi connectivity index (χ4v) is 1.73. The number of ether oxygens (including phenoxy) is 1. The average molecular weight is 269 g/mol. The maximum atomic E-state index is 5.50. The molecule has 1 rings (SSSR count). The van der Waals surface area contributed by atoms with Crippen LogP contribution < -0.4 is 10.1 Å². The van der Waals surface area contributed by atoms with Gasteiger partial charge in [-0.15, -0.1) is 0 Å². The molecule has 5 heteroatoms. The van der Waals surface area contributed by atoms with Crippen LogP contribution >= 0.6 is 0 Å². The Morgan fingerprint density at radius 3 is 2.74 bits per heavy atom. The van der Waals surface area contributed by atoms with E-state index < -0.39 is 0 Å². The summed E-state index contributed by atoms with van der Waals surface area (Å²) in [6.07, 6.45) is 2.02. The molecule has 1 heterocycles. The summed E-state index contributed by atoms with van der Waals surface area (Å²) in [5, 5.41) is 3.32. The first kappa shape index (κ1) is 16.0. The van der Waals surface area contributed by atoms with Crippen LogP contribution in [0.15, 0.2) is 10.7 Å². The topological polar surface area (TPSA) is 50.5 Å². The van der Waals surface area contributed by atoms with E-state index in [1.165, 1.54) is 0 Å². The zero-order valence-corrected chi connectivity index (χ0v) is 12.6. The van der Waals surface area contributed by atoms with Gasteiger partial charge in [0.2, 0.25) is 0 Å². The molecule has 5 nitrogen and oxygen atoms in total. The van der Waals surface area contributed by atoms with Gasteiger partial charge in [0.25, 0.3) is 0 Å². The van der Waals surface area contributed by atoms with Crippen molar-refractivity contribution < 1.29 is 9.15 Å². The first-order chi connectivity index (χ1) is 9.15. The van der Waals surface area contributed by atoms with Crippen LogP contribution in [-0.4, -0.2) is 42.7 Å². The van der Waals surface area contributed by atoms with Gasteiger partial charge in [-0.1, -0.05) is 27.7 Å². The summed E-state index contributed by atoms with van der Waals surface area (Å²) in [6, 6.07) is 0. The Morgan fingerprint density at radius 1 is 1.37 bits per heavy atom. The summed E-state index contributed by atoms with van der Waals surface area (Å²) in [6.45, 7) is 13.9. The Bertz CT molecular complexity index is 335. The van der Waals surface area contributed by atoms with Crippen LogP contribution in [0.25, 0.3) is 0 Å². The highest BCUT2D eigenvalue weighted by atomic mass is 16.6. The molecule has 0 atom stereocenters. The first-order valence-corrected chi connectivity index (χ1v) is 7.16. The van der Waals surface area contributed by atoms with Gasteiger partial charge in [0, 0.05) is 13.1 Å². The molecule has 0 unspecified atom stereocenters. The van der Waals surface area contributed by atoms with Gasteiger partial charge in [0.05, 0.1) is 5.69 Å². The molecule has 1 N–H and O–H groups in total. The molecule has 19 heavy (non-hydrogen) atoms. The van der Waals surface area contributed by atoms with Crippen LogP contribution in [0, 0.1) is 5.92 Å². The Kier molecular flexibility index (Phi) is 7.52.